The van der Waals surface area contributed by atoms with E-state index in [2.05, 4.69) is 32.8 Å². The van der Waals surface area contributed by atoms with E-state index in [1.807, 2.05) is 5.01 Å². The smallest absolute Gasteiger partial charge is 0.144 e. The van der Waals surface area contributed by atoms with Crippen LogP contribution in [0.1, 0.15) is 37.7 Å². The average molecular weight is 340 g/mol. The van der Waals surface area contributed by atoms with Crippen molar-refractivity contribution in [3.05, 3.63) is 17.7 Å². The Labute approximate surface area is 147 Å². The van der Waals surface area contributed by atoms with Crippen LogP contribution in [0.25, 0.3) is 0 Å². The van der Waals surface area contributed by atoms with Crippen LogP contribution in [0.3, 0.4) is 0 Å². The van der Waals surface area contributed by atoms with E-state index in [0.29, 0.717) is 6.04 Å². The number of nitrogens with one attached hydrogen (secondary N) is 1. The maximum Gasteiger partial charge on any atom is 0.144 e. The molecule has 132 valence electrons. The largest absolute Gasteiger partial charge is 0.494 e. The molecule has 3 heterocycles. The lowest BCUT2D eigenvalue weighted by Crippen LogP contribution is -2.44. The quantitative estimate of drug-likeness (QED) is 0.884. The number of rotatable bonds is 3. The Morgan fingerprint density at radius 3 is 2.88 bits per heavy atom. The molecular weight excluding hydrogens is 316 g/mol. The van der Waals surface area contributed by atoms with Gasteiger partial charge in [-0.2, -0.15) is 5.11 Å². The zero-order chi connectivity index (χ0) is 17.0. The number of nitrogens with two attached hydrogens (primary N) is 1. The predicted molar refractivity (Wildman–Crippen MR) is 96.8 cm³/mol. The van der Waals surface area contributed by atoms with Crippen LogP contribution in [-0.4, -0.2) is 38.1 Å². The van der Waals surface area contributed by atoms with E-state index in [4.69, 9.17) is 10.5 Å². The normalized spacial score (nSPS) is 29.0. The number of aliphatic imine (C=N–C) groups is 1. The molecule has 5 rings (SSSR count). The third-order valence-electron chi connectivity index (χ3n) is 6.26. The molecule has 3 aliphatic heterocycles. The first kappa shape index (κ1) is 15.1. The first-order chi connectivity index (χ1) is 12.2. The fraction of sp³-hybridized carbons (Fsp3) is 0.611. The van der Waals surface area contributed by atoms with Crippen molar-refractivity contribution in [2.45, 2.75) is 49.6 Å². The van der Waals surface area contributed by atoms with Gasteiger partial charge in [-0.3, -0.25) is 0 Å². The van der Waals surface area contributed by atoms with Crippen molar-refractivity contribution in [2.24, 2.45) is 21.1 Å². The van der Waals surface area contributed by atoms with Gasteiger partial charge >= 0.3 is 0 Å². The lowest BCUT2D eigenvalue weighted by molar-refractivity contribution is 0.342. The summed E-state index contributed by atoms with van der Waals surface area (Å²) in [4.78, 5) is 4.66. The Bertz CT molecular complexity index is 763. The van der Waals surface area contributed by atoms with Crippen LogP contribution in [0.2, 0.25) is 0 Å². The van der Waals surface area contributed by atoms with Crippen LogP contribution >= 0.6 is 0 Å². The van der Waals surface area contributed by atoms with E-state index in [0.717, 1.165) is 48.9 Å². The number of nitrogens with zero attached hydrogens (tertiary/aromatic N) is 4. The van der Waals surface area contributed by atoms with E-state index in [1.165, 1.54) is 24.8 Å². The molecule has 1 aromatic rings. The average Bonchev–Trinajstić information content (AvgIpc) is 3.29. The van der Waals surface area contributed by atoms with Crippen molar-refractivity contribution in [3.8, 4) is 5.75 Å². The standard InChI is InChI=1S/C18H24N6O/c1-25-16-8-11-13(21-17(19)18(11)5-3-6-18)9-15(16)24-10-14(22-23-24)12-4-2-7-20-12/h8-9,12,14,20H,2-7,10H2,1H3,(H2,19,21)/t12-,14?/m1/s1. The molecule has 7 heteroatoms. The van der Waals surface area contributed by atoms with Crippen molar-refractivity contribution in [2.75, 3.05) is 25.2 Å². The highest BCUT2D eigenvalue weighted by Crippen LogP contribution is 2.54. The molecule has 1 aromatic carbocycles. The Hall–Kier alpha value is -2.15. The number of ether oxygens (including phenoxy) is 1. The van der Waals surface area contributed by atoms with Crippen LogP contribution in [0.5, 0.6) is 5.75 Å². The zero-order valence-electron chi connectivity index (χ0n) is 14.5. The molecule has 4 aliphatic rings. The molecule has 0 bridgehead atoms. The van der Waals surface area contributed by atoms with Gasteiger partial charge in [0.15, 0.2) is 0 Å². The van der Waals surface area contributed by atoms with Crippen molar-refractivity contribution in [1.29, 1.82) is 0 Å². The van der Waals surface area contributed by atoms with Crippen LogP contribution in [0.4, 0.5) is 11.4 Å². The second kappa shape index (κ2) is 5.42. The van der Waals surface area contributed by atoms with Crippen molar-refractivity contribution in [1.82, 2.24) is 5.32 Å². The maximum atomic E-state index is 6.27. The van der Waals surface area contributed by atoms with Gasteiger partial charge in [-0.1, -0.05) is 11.6 Å². The number of fused-ring (bicyclic) bond motifs is 2. The number of hydrogen-bond donors (Lipinski definition) is 2. The minimum Gasteiger partial charge on any atom is -0.494 e. The van der Waals surface area contributed by atoms with Crippen molar-refractivity contribution in [3.63, 3.8) is 0 Å². The van der Waals surface area contributed by atoms with Crippen LogP contribution in [0, 0.1) is 0 Å². The van der Waals surface area contributed by atoms with Crippen molar-refractivity contribution < 1.29 is 4.74 Å². The Morgan fingerprint density at radius 1 is 1.32 bits per heavy atom. The second-order valence-corrected chi connectivity index (χ2v) is 7.53. The van der Waals surface area contributed by atoms with Gasteiger partial charge in [-0.05, 0) is 49.9 Å². The first-order valence-corrected chi connectivity index (χ1v) is 9.20. The molecule has 25 heavy (non-hydrogen) atoms. The third-order valence-corrected chi connectivity index (χ3v) is 6.26. The Kier molecular flexibility index (Phi) is 3.28. The van der Waals surface area contributed by atoms with Crippen molar-refractivity contribution >= 4 is 17.2 Å². The number of anilines is 1. The summed E-state index contributed by atoms with van der Waals surface area (Å²) in [5, 5.41) is 14.4. The highest BCUT2D eigenvalue weighted by atomic mass is 16.5. The Morgan fingerprint density at radius 2 is 2.20 bits per heavy atom. The monoisotopic (exact) mass is 340 g/mol. The summed E-state index contributed by atoms with van der Waals surface area (Å²) in [6.07, 6.45) is 5.75. The molecule has 1 saturated carbocycles. The molecular formula is C18H24N6O. The summed E-state index contributed by atoms with van der Waals surface area (Å²) in [5.74, 6) is 1.58. The molecule has 0 aromatic heterocycles. The van der Waals surface area contributed by atoms with Gasteiger partial charge in [0, 0.05) is 6.04 Å². The fourth-order valence-corrected chi connectivity index (χ4v) is 4.60. The van der Waals surface area contributed by atoms with Gasteiger partial charge < -0.3 is 15.8 Å². The molecule has 2 fully saturated rings. The SMILES string of the molecule is COc1cc2c(cc1N1CC([C@H]3CCCN3)N=N1)N=C(N)C21CCC1. The lowest BCUT2D eigenvalue weighted by Gasteiger charge is -2.39. The van der Waals surface area contributed by atoms with Gasteiger partial charge in [0.25, 0.3) is 0 Å². The van der Waals surface area contributed by atoms with E-state index in [-0.39, 0.29) is 11.5 Å². The highest BCUT2D eigenvalue weighted by molar-refractivity contribution is 6.01. The molecule has 1 saturated heterocycles. The summed E-state index contributed by atoms with van der Waals surface area (Å²) in [5.41, 5.74) is 9.32. The molecule has 1 unspecified atom stereocenters. The molecule has 0 radical (unpaired) electrons. The predicted octanol–water partition coefficient (Wildman–Crippen LogP) is 2.43. The lowest BCUT2D eigenvalue weighted by atomic mass is 9.64. The minimum absolute atomic E-state index is 0.0516. The van der Waals surface area contributed by atoms with Crippen LogP contribution < -0.4 is 20.8 Å². The van der Waals surface area contributed by atoms with Gasteiger partial charge in [0.2, 0.25) is 0 Å². The summed E-state index contributed by atoms with van der Waals surface area (Å²) >= 11 is 0. The number of amidine groups is 1. The Balaban J connectivity index is 1.47. The van der Waals surface area contributed by atoms with Gasteiger partial charge in [-0.15, -0.1) is 0 Å². The minimum atomic E-state index is -0.0516. The van der Waals surface area contributed by atoms with Gasteiger partial charge in [0.1, 0.15) is 23.3 Å². The molecule has 1 aliphatic carbocycles. The van der Waals surface area contributed by atoms with Crippen LogP contribution in [-0.2, 0) is 5.41 Å². The topological polar surface area (TPSA) is 87.6 Å². The molecule has 1 spiro atoms. The number of benzene rings is 1. The van der Waals surface area contributed by atoms with Crippen LogP contribution in [0.15, 0.2) is 27.5 Å². The summed E-state index contributed by atoms with van der Waals surface area (Å²) < 4.78 is 5.69. The number of methoxy groups -OCH3 is 1. The van der Waals surface area contributed by atoms with E-state index in [1.54, 1.807) is 7.11 Å². The second-order valence-electron chi connectivity index (χ2n) is 7.53. The van der Waals surface area contributed by atoms with Gasteiger partial charge in [-0.25, -0.2) is 10.0 Å². The van der Waals surface area contributed by atoms with Gasteiger partial charge in [0.05, 0.1) is 24.8 Å². The third kappa shape index (κ3) is 2.11. The molecule has 2 atom stereocenters. The summed E-state index contributed by atoms with van der Waals surface area (Å²) in [6, 6.07) is 4.81. The number of hydrogen-bond acceptors (Lipinski definition) is 7. The summed E-state index contributed by atoms with van der Waals surface area (Å²) in [6.45, 7) is 1.85. The fourth-order valence-electron chi connectivity index (χ4n) is 4.60. The highest BCUT2D eigenvalue weighted by Gasteiger charge is 2.48. The summed E-state index contributed by atoms with van der Waals surface area (Å²) in [7, 11) is 1.71. The molecule has 0 amide bonds. The van der Waals surface area contributed by atoms with E-state index in [9.17, 15) is 0 Å². The zero-order valence-corrected chi connectivity index (χ0v) is 14.5. The maximum absolute atomic E-state index is 6.27. The molecule has 7 nitrogen and oxygen atoms in total. The molecule has 3 N–H and O–H groups in total. The van der Waals surface area contributed by atoms with E-state index < -0.39 is 0 Å². The van der Waals surface area contributed by atoms with E-state index >= 15 is 0 Å². The first-order valence-electron chi connectivity index (χ1n) is 9.20.